The fourth-order valence-electron chi connectivity index (χ4n) is 3.72. The molecular weight excluding hydrogens is 295 g/mol. The van der Waals surface area contributed by atoms with Gasteiger partial charge in [-0.3, -0.25) is 4.79 Å². The SMILES string of the molecule is Cc1nnc2n1CCN(C(=O)C1(c3cccc(F)c3)CCC1)C2. The Morgan fingerprint density at radius 2 is 2.09 bits per heavy atom. The summed E-state index contributed by atoms with van der Waals surface area (Å²) in [6, 6.07) is 6.49. The first kappa shape index (κ1) is 14.4. The van der Waals surface area contributed by atoms with Crippen molar-refractivity contribution >= 4 is 5.91 Å². The van der Waals surface area contributed by atoms with E-state index < -0.39 is 5.41 Å². The summed E-state index contributed by atoms with van der Waals surface area (Å²) in [5, 5.41) is 8.24. The summed E-state index contributed by atoms with van der Waals surface area (Å²) in [5.41, 5.74) is 0.247. The van der Waals surface area contributed by atoms with Gasteiger partial charge in [0.1, 0.15) is 11.6 Å². The van der Waals surface area contributed by atoms with Gasteiger partial charge < -0.3 is 9.47 Å². The van der Waals surface area contributed by atoms with Crippen molar-refractivity contribution in [3.63, 3.8) is 0 Å². The molecule has 0 spiro atoms. The molecule has 1 aliphatic heterocycles. The number of halogens is 1. The van der Waals surface area contributed by atoms with Crippen LogP contribution in [0.1, 0.15) is 36.5 Å². The predicted molar refractivity (Wildman–Crippen MR) is 82.1 cm³/mol. The highest BCUT2D eigenvalue weighted by Gasteiger charge is 2.48. The molecule has 4 rings (SSSR count). The van der Waals surface area contributed by atoms with E-state index in [9.17, 15) is 9.18 Å². The van der Waals surface area contributed by atoms with E-state index in [0.717, 1.165) is 43.0 Å². The summed E-state index contributed by atoms with van der Waals surface area (Å²) >= 11 is 0. The standard InChI is InChI=1S/C17H19FN4O/c1-12-19-20-15-11-21(8-9-22(12)15)16(23)17(6-3-7-17)13-4-2-5-14(18)10-13/h2,4-5,10H,3,6-9,11H2,1H3. The third-order valence-corrected chi connectivity index (χ3v) is 5.22. The summed E-state index contributed by atoms with van der Waals surface area (Å²) in [6.07, 6.45) is 2.58. The summed E-state index contributed by atoms with van der Waals surface area (Å²) < 4.78 is 15.7. The van der Waals surface area contributed by atoms with Crippen molar-refractivity contribution in [2.75, 3.05) is 6.54 Å². The van der Waals surface area contributed by atoms with Gasteiger partial charge in [-0.2, -0.15) is 0 Å². The van der Waals surface area contributed by atoms with Crippen LogP contribution in [0.15, 0.2) is 24.3 Å². The second-order valence-corrected chi connectivity index (χ2v) is 6.49. The lowest BCUT2D eigenvalue weighted by atomic mass is 9.63. The maximum absolute atomic E-state index is 13.6. The molecule has 1 fully saturated rings. The zero-order valence-corrected chi connectivity index (χ0v) is 13.1. The molecule has 0 saturated heterocycles. The topological polar surface area (TPSA) is 51.0 Å². The van der Waals surface area contributed by atoms with Crippen LogP contribution >= 0.6 is 0 Å². The van der Waals surface area contributed by atoms with Gasteiger partial charge in [-0.25, -0.2) is 4.39 Å². The van der Waals surface area contributed by atoms with E-state index in [1.807, 2.05) is 17.9 Å². The van der Waals surface area contributed by atoms with Gasteiger partial charge in [0.25, 0.3) is 0 Å². The molecule has 0 N–H and O–H groups in total. The minimum absolute atomic E-state index is 0.0984. The number of hydrogen-bond acceptors (Lipinski definition) is 3. The van der Waals surface area contributed by atoms with Crippen LogP contribution in [-0.2, 0) is 23.3 Å². The number of aryl methyl sites for hydroxylation is 1. The Kier molecular flexibility index (Phi) is 3.21. The molecule has 1 aromatic carbocycles. The third kappa shape index (κ3) is 2.16. The van der Waals surface area contributed by atoms with Gasteiger partial charge in [0.2, 0.25) is 5.91 Å². The van der Waals surface area contributed by atoms with Crippen LogP contribution in [0.4, 0.5) is 4.39 Å². The molecule has 120 valence electrons. The van der Waals surface area contributed by atoms with E-state index in [2.05, 4.69) is 14.8 Å². The predicted octanol–water partition coefficient (Wildman–Crippen LogP) is 2.19. The lowest BCUT2D eigenvalue weighted by Crippen LogP contribution is -2.52. The number of amides is 1. The molecule has 0 bridgehead atoms. The van der Waals surface area contributed by atoms with E-state index in [-0.39, 0.29) is 11.7 Å². The van der Waals surface area contributed by atoms with Gasteiger partial charge in [-0.05, 0) is 37.5 Å². The Morgan fingerprint density at radius 1 is 1.26 bits per heavy atom. The van der Waals surface area contributed by atoms with Gasteiger partial charge in [-0.1, -0.05) is 18.6 Å². The molecule has 2 aromatic rings. The van der Waals surface area contributed by atoms with E-state index in [1.165, 1.54) is 12.1 Å². The number of hydrogen-bond donors (Lipinski definition) is 0. The van der Waals surface area contributed by atoms with E-state index in [0.29, 0.717) is 13.1 Å². The zero-order valence-electron chi connectivity index (χ0n) is 13.1. The van der Waals surface area contributed by atoms with Crippen LogP contribution in [0.25, 0.3) is 0 Å². The lowest BCUT2D eigenvalue weighted by molar-refractivity contribution is -0.142. The number of rotatable bonds is 2. The quantitative estimate of drug-likeness (QED) is 0.854. The van der Waals surface area contributed by atoms with Crippen molar-refractivity contribution in [2.24, 2.45) is 0 Å². The average molecular weight is 314 g/mol. The first-order valence-electron chi connectivity index (χ1n) is 8.04. The Labute approximate surface area is 134 Å². The molecular formula is C17H19FN4O. The Bertz CT molecular complexity index is 766. The van der Waals surface area contributed by atoms with Crippen molar-refractivity contribution in [3.05, 3.63) is 47.3 Å². The molecule has 0 radical (unpaired) electrons. The highest BCUT2D eigenvalue weighted by molar-refractivity contribution is 5.89. The Balaban J connectivity index is 1.63. The monoisotopic (exact) mass is 314 g/mol. The molecule has 1 aliphatic carbocycles. The summed E-state index contributed by atoms with van der Waals surface area (Å²) in [5.74, 6) is 1.53. The fourth-order valence-corrected chi connectivity index (χ4v) is 3.72. The third-order valence-electron chi connectivity index (χ3n) is 5.22. The number of benzene rings is 1. The summed E-state index contributed by atoms with van der Waals surface area (Å²) in [4.78, 5) is 15.0. The molecule has 5 nitrogen and oxygen atoms in total. The van der Waals surface area contributed by atoms with E-state index in [1.54, 1.807) is 6.07 Å². The molecule has 23 heavy (non-hydrogen) atoms. The van der Waals surface area contributed by atoms with Gasteiger partial charge >= 0.3 is 0 Å². The summed E-state index contributed by atoms with van der Waals surface area (Å²) in [6.45, 7) is 3.78. The molecule has 2 aliphatic rings. The van der Waals surface area contributed by atoms with Gasteiger partial charge in [0.05, 0.1) is 12.0 Å². The van der Waals surface area contributed by atoms with Crippen molar-refractivity contribution in [1.82, 2.24) is 19.7 Å². The second-order valence-electron chi connectivity index (χ2n) is 6.49. The molecule has 1 amide bonds. The first-order valence-corrected chi connectivity index (χ1v) is 8.04. The van der Waals surface area contributed by atoms with E-state index in [4.69, 9.17) is 0 Å². The maximum atomic E-state index is 13.6. The van der Waals surface area contributed by atoms with E-state index >= 15 is 0 Å². The molecule has 1 saturated carbocycles. The summed E-state index contributed by atoms with van der Waals surface area (Å²) in [7, 11) is 0. The van der Waals surface area contributed by atoms with Gasteiger partial charge in [-0.15, -0.1) is 10.2 Å². The van der Waals surface area contributed by atoms with Crippen LogP contribution in [0.3, 0.4) is 0 Å². The van der Waals surface area contributed by atoms with Crippen LogP contribution in [0, 0.1) is 12.7 Å². The highest BCUT2D eigenvalue weighted by atomic mass is 19.1. The highest BCUT2D eigenvalue weighted by Crippen LogP contribution is 2.45. The second kappa shape index (κ2) is 5.15. The molecule has 0 atom stereocenters. The van der Waals surface area contributed by atoms with Gasteiger partial charge in [0, 0.05) is 13.1 Å². The molecule has 0 unspecified atom stereocenters. The minimum atomic E-state index is -0.556. The number of aromatic nitrogens is 3. The van der Waals surface area contributed by atoms with Crippen LogP contribution in [0.2, 0.25) is 0 Å². The average Bonchev–Trinajstić information content (AvgIpc) is 2.87. The van der Waals surface area contributed by atoms with Crippen molar-refractivity contribution < 1.29 is 9.18 Å². The lowest BCUT2D eigenvalue weighted by Gasteiger charge is -2.44. The molecule has 2 heterocycles. The Morgan fingerprint density at radius 3 is 2.78 bits per heavy atom. The zero-order chi connectivity index (χ0) is 16.0. The van der Waals surface area contributed by atoms with Crippen LogP contribution in [0.5, 0.6) is 0 Å². The van der Waals surface area contributed by atoms with Crippen LogP contribution in [-0.4, -0.2) is 32.1 Å². The van der Waals surface area contributed by atoms with Crippen molar-refractivity contribution in [2.45, 2.75) is 44.7 Å². The largest absolute Gasteiger partial charge is 0.333 e. The molecule has 6 heteroatoms. The number of nitrogens with zero attached hydrogens (tertiary/aromatic N) is 4. The fraction of sp³-hybridized carbons (Fsp3) is 0.471. The van der Waals surface area contributed by atoms with Gasteiger partial charge in [0.15, 0.2) is 5.82 Å². The van der Waals surface area contributed by atoms with Crippen molar-refractivity contribution in [1.29, 1.82) is 0 Å². The number of fused-ring (bicyclic) bond motifs is 1. The molecule has 1 aromatic heterocycles. The smallest absolute Gasteiger partial charge is 0.233 e. The first-order chi connectivity index (χ1) is 11.1. The minimum Gasteiger partial charge on any atom is -0.333 e. The number of carbonyl (C=O) groups excluding carboxylic acids is 1. The normalized spacial score (nSPS) is 19.1. The van der Waals surface area contributed by atoms with Crippen LogP contribution < -0.4 is 0 Å². The maximum Gasteiger partial charge on any atom is 0.233 e. The van der Waals surface area contributed by atoms with Crippen molar-refractivity contribution in [3.8, 4) is 0 Å². The Hall–Kier alpha value is -2.24. The number of carbonyl (C=O) groups is 1.